The molecule has 2 rings (SSSR count). The highest BCUT2D eigenvalue weighted by molar-refractivity contribution is 7.98. The van der Waals surface area contributed by atoms with Gasteiger partial charge >= 0.3 is 0 Å². The molecule has 28 heavy (non-hydrogen) atoms. The maximum Gasteiger partial charge on any atom is 0.276 e. The molecular formula is C18H19N5O4S. The normalized spacial score (nSPS) is 10.0. The average molecular weight is 401 g/mol. The van der Waals surface area contributed by atoms with Crippen LogP contribution in [0.25, 0.3) is 0 Å². The van der Waals surface area contributed by atoms with Gasteiger partial charge in [-0.05, 0) is 31.7 Å². The van der Waals surface area contributed by atoms with Crippen molar-refractivity contribution >= 4 is 23.6 Å². The lowest BCUT2D eigenvalue weighted by molar-refractivity contribution is -0.130. The Bertz CT molecular complexity index is 967. The van der Waals surface area contributed by atoms with Crippen LogP contribution in [-0.2, 0) is 16.0 Å². The molecule has 1 aromatic carbocycles. The van der Waals surface area contributed by atoms with E-state index in [1.165, 1.54) is 11.8 Å². The molecule has 0 aliphatic carbocycles. The number of benzene rings is 1. The van der Waals surface area contributed by atoms with Crippen LogP contribution in [-0.4, -0.2) is 34.6 Å². The summed E-state index contributed by atoms with van der Waals surface area (Å²) in [6.45, 7) is 1.35. The summed E-state index contributed by atoms with van der Waals surface area (Å²) in [7, 11) is 0. The Morgan fingerprint density at radius 1 is 1.29 bits per heavy atom. The molecule has 1 aromatic heterocycles. The fraction of sp³-hybridized carbons (Fsp3) is 0.278. The van der Waals surface area contributed by atoms with Crippen LogP contribution in [0.5, 0.6) is 5.75 Å². The number of ether oxygens (including phenoxy) is 1. The quantitative estimate of drug-likeness (QED) is 0.355. The van der Waals surface area contributed by atoms with Crippen molar-refractivity contribution in [1.82, 2.24) is 20.8 Å². The number of nitrogens with one attached hydrogen (secondary N) is 3. The van der Waals surface area contributed by atoms with Crippen molar-refractivity contribution in [3.05, 3.63) is 51.4 Å². The number of carbonyl (C=O) groups excluding carboxylic acids is 2. The lowest BCUT2D eigenvalue weighted by atomic mass is 10.1. The van der Waals surface area contributed by atoms with Crippen LogP contribution in [0.1, 0.15) is 23.2 Å². The summed E-state index contributed by atoms with van der Waals surface area (Å²) in [5.74, 6) is -0.762. The van der Waals surface area contributed by atoms with Crippen molar-refractivity contribution in [2.24, 2.45) is 0 Å². The summed E-state index contributed by atoms with van der Waals surface area (Å²) < 4.78 is 5.26. The molecule has 0 bridgehead atoms. The fourth-order valence-corrected chi connectivity index (χ4v) is 2.70. The second-order valence-electron chi connectivity index (χ2n) is 5.63. The molecule has 0 saturated carbocycles. The highest BCUT2D eigenvalue weighted by Crippen LogP contribution is 2.16. The molecule has 0 aliphatic rings. The number of rotatable bonds is 7. The van der Waals surface area contributed by atoms with E-state index >= 15 is 0 Å². The van der Waals surface area contributed by atoms with Crippen LogP contribution in [0.4, 0.5) is 0 Å². The van der Waals surface area contributed by atoms with Crippen molar-refractivity contribution < 1.29 is 14.3 Å². The number of nitrogens with zero attached hydrogens (tertiary/aromatic N) is 2. The highest BCUT2D eigenvalue weighted by atomic mass is 32.2. The molecule has 0 spiro atoms. The van der Waals surface area contributed by atoms with Crippen LogP contribution in [0, 0.1) is 18.3 Å². The first kappa shape index (κ1) is 21.0. The summed E-state index contributed by atoms with van der Waals surface area (Å²) in [5.41, 5.74) is 5.50. The Kier molecular flexibility index (Phi) is 7.59. The lowest BCUT2D eigenvalue weighted by Crippen LogP contribution is -2.44. The summed E-state index contributed by atoms with van der Waals surface area (Å²) in [6.07, 6.45) is 2.00. The summed E-state index contributed by atoms with van der Waals surface area (Å²) in [5, 5.41) is 9.48. The Labute approximate surface area is 165 Å². The molecule has 0 radical (unpaired) electrons. The van der Waals surface area contributed by atoms with Crippen molar-refractivity contribution in [3.8, 4) is 11.8 Å². The van der Waals surface area contributed by atoms with E-state index in [1.54, 1.807) is 37.4 Å². The second-order valence-corrected chi connectivity index (χ2v) is 6.43. The van der Waals surface area contributed by atoms with Gasteiger partial charge in [-0.25, -0.2) is 4.98 Å². The molecule has 2 amide bonds. The third-order valence-electron chi connectivity index (χ3n) is 3.70. The molecule has 9 nitrogen and oxygen atoms in total. The number of nitriles is 1. The molecule has 1 heterocycles. The largest absolute Gasteiger partial charge is 0.482 e. The van der Waals surface area contributed by atoms with E-state index in [0.717, 1.165) is 0 Å². The van der Waals surface area contributed by atoms with Crippen LogP contribution in [0.15, 0.2) is 34.2 Å². The number of hydrazine groups is 1. The summed E-state index contributed by atoms with van der Waals surface area (Å²) in [4.78, 5) is 42.6. The second kappa shape index (κ2) is 10.1. The Morgan fingerprint density at radius 2 is 2.00 bits per heavy atom. The van der Waals surface area contributed by atoms with Crippen LogP contribution >= 0.6 is 11.8 Å². The number of aromatic nitrogens is 2. The molecule has 146 valence electrons. The minimum atomic E-state index is -0.582. The van der Waals surface area contributed by atoms with Gasteiger partial charge < -0.3 is 9.72 Å². The number of hydrogen-bond acceptors (Lipinski definition) is 7. The van der Waals surface area contributed by atoms with Crippen LogP contribution < -0.4 is 21.1 Å². The minimum absolute atomic E-state index is 0.00260. The Hall–Kier alpha value is -3.32. The minimum Gasteiger partial charge on any atom is -0.482 e. The number of aromatic amines is 1. The Balaban J connectivity index is 1.79. The first-order valence-electron chi connectivity index (χ1n) is 8.28. The zero-order chi connectivity index (χ0) is 20.5. The lowest BCUT2D eigenvalue weighted by Gasteiger charge is -2.10. The predicted molar refractivity (Wildman–Crippen MR) is 103 cm³/mol. The van der Waals surface area contributed by atoms with Gasteiger partial charge in [0.1, 0.15) is 11.8 Å². The Morgan fingerprint density at radius 3 is 2.68 bits per heavy atom. The average Bonchev–Trinajstić information content (AvgIpc) is 2.69. The van der Waals surface area contributed by atoms with E-state index in [4.69, 9.17) is 10.00 Å². The van der Waals surface area contributed by atoms with Gasteiger partial charge in [-0.15, -0.1) is 0 Å². The molecular weight excluding hydrogens is 382 g/mol. The van der Waals surface area contributed by atoms with Crippen LogP contribution in [0.2, 0.25) is 0 Å². The number of para-hydroxylation sites is 1. The van der Waals surface area contributed by atoms with E-state index in [9.17, 15) is 14.4 Å². The molecule has 0 aliphatic heterocycles. The van der Waals surface area contributed by atoms with Gasteiger partial charge in [-0.2, -0.15) is 5.26 Å². The third-order valence-corrected chi connectivity index (χ3v) is 4.28. The van der Waals surface area contributed by atoms with Gasteiger partial charge in [0.2, 0.25) is 5.91 Å². The van der Waals surface area contributed by atoms with E-state index in [0.29, 0.717) is 22.0 Å². The molecule has 0 saturated heterocycles. The van der Waals surface area contributed by atoms with E-state index in [1.807, 2.05) is 6.07 Å². The SMILES string of the molecule is CSc1nc(C)c(CCC(=O)NNC(=O)COc2ccccc2C#N)c(=O)[nH]1. The number of H-pyrrole nitrogens is 1. The molecule has 3 N–H and O–H groups in total. The number of hydrogen-bond donors (Lipinski definition) is 3. The zero-order valence-electron chi connectivity index (χ0n) is 15.4. The number of thioether (sulfide) groups is 1. The predicted octanol–water partition coefficient (Wildman–Crippen LogP) is 0.831. The van der Waals surface area contributed by atoms with Crippen molar-refractivity contribution in [1.29, 1.82) is 5.26 Å². The number of carbonyl (C=O) groups is 2. The molecule has 0 unspecified atom stereocenters. The first-order valence-corrected chi connectivity index (χ1v) is 9.50. The van der Waals surface area contributed by atoms with E-state index < -0.39 is 11.8 Å². The van der Waals surface area contributed by atoms with Crippen LogP contribution in [0.3, 0.4) is 0 Å². The van der Waals surface area contributed by atoms with E-state index in [2.05, 4.69) is 20.8 Å². The molecule has 0 fully saturated rings. The number of aryl methyl sites for hydroxylation is 1. The van der Waals surface area contributed by atoms with Gasteiger partial charge in [0.05, 0.1) is 5.56 Å². The van der Waals surface area contributed by atoms with Gasteiger partial charge in [-0.3, -0.25) is 25.2 Å². The van der Waals surface area contributed by atoms with Crippen molar-refractivity contribution in [3.63, 3.8) is 0 Å². The van der Waals surface area contributed by atoms with E-state index in [-0.39, 0.29) is 30.8 Å². The zero-order valence-corrected chi connectivity index (χ0v) is 16.2. The fourth-order valence-electron chi connectivity index (χ4n) is 2.28. The van der Waals surface area contributed by atoms with Crippen molar-refractivity contribution in [2.75, 3.05) is 12.9 Å². The maximum atomic E-state index is 12.0. The van der Waals surface area contributed by atoms with Gasteiger partial charge in [0.25, 0.3) is 11.5 Å². The van der Waals surface area contributed by atoms with Crippen molar-refractivity contribution in [2.45, 2.75) is 24.9 Å². The summed E-state index contributed by atoms with van der Waals surface area (Å²) >= 11 is 1.32. The maximum absolute atomic E-state index is 12.0. The third kappa shape index (κ3) is 5.85. The standard InChI is InChI=1S/C18H19N5O4S/c1-11-13(17(26)21-18(20-11)28-2)7-8-15(24)22-23-16(25)10-27-14-6-4-3-5-12(14)9-19/h3-6H,7-8,10H2,1-2H3,(H,22,24)(H,23,25)(H,20,21,26). The number of amides is 2. The summed E-state index contributed by atoms with van der Waals surface area (Å²) in [6, 6.07) is 8.46. The topological polar surface area (TPSA) is 137 Å². The van der Waals surface area contributed by atoms with Gasteiger partial charge in [0, 0.05) is 17.7 Å². The molecule has 2 aromatic rings. The van der Waals surface area contributed by atoms with Gasteiger partial charge in [0.15, 0.2) is 11.8 Å². The van der Waals surface area contributed by atoms with Gasteiger partial charge in [-0.1, -0.05) is 23.9 Å². The smallest absolute Gasteiger partial charge is 0.276 e. The highest BCUT2D eigenvalue weighted by Gasteiger charge is 2.12. The first-order chi connectivity index (χ1) is 13.4. The molecule has 0 atom stereocenters. The molecule has 10 heteroatoms. The monoisotopic (exact) mass is 401 g/mol.